The van der Waals surface area contributed by atoms with Gasteiger partial charge in [0.1, 0.15) is 5.65 Å². The van der Waals surface area contributed by atoms with E-state index in [4.69, 9.17) is 11.6 Å². The Kier molecular flexibility index (Phi) is 2.80. The second-order valence-corrected chi connectivity index (χ2v) is 4.80. The number of carbonyl (C=O) groups excluding carboxylic acids is 1. The fourth-order valence-electron chi connectivity index (χ4n) is 1.40. The minimum absolute atomic E-state index is 0.0946. The molecule has 15 heavy (non-hydrogen) atoms. The molecule has 0 aliphatic rings. The van der Waals surface area contributed by atoms with Crippen LogP contribution in [0.3, 0.4) is 0 Å². The summed E-state index contributed by atoms with van der Waals surface area (Å²) >= 11 is 9.08. The number of H-pyrrole nitrogens is 1. The Bertz CT molecular complexity index is 521. The van der Waals surface area contributed by atoms with Crippen molar-refractivity contribution in [3.63, 3.8) is 0 Å². The monoisotopic (exact) mass is 286 g/mol. The van der Waals surface area contributed by atoms with Gasteiger partial charge in [-0.3, -0.25) is 4.79 Å². The van der Waals surface area contributed by atoms with Crippen LogP contribution in [-0.4, -0.2) is 21.1 Å². The fourth-order valence-corrected chi connectivity index (χ4v) is 1.84. The zero-order valence-corrected chi connectivity index (χ0v) is 10.3. The van der Waals surface area contributed by atoms with Crippen LogP contribution in [0.25, 0.3) is 11.0 Å². The lowest BCUT2D eigenvalue weighted by molar-refractivity contribution is 0.0993. The second-order valence-electron chi connectivity index (χ2n) is 3.23. The van der Waals surface area contributed by atoms with Gasteiger partial charge in [0.15, 0.2) is 5.78 Å². The maximum atomic E-state index is 11.7. The Hall–Kier alpha value is -0.870. The predicted octanol–water partition coefficient (Wildman–Crippen LogP) is 3.14. The zero-order chi connectivity index (χ0) is 11.0. The number of halogens is 2. The van der Waals surface area contributed by atoms with Gasteiger partial charge in [-0.2, -0.15) is 0 Å². The van der Waals surface area contributed by atoms with Crippen LogP contribution in [0.5, 0.6) is 0 Å². The fraction of sp³-hybridized carbons (Fsp3) is 0.200. The molecule has 0 saturated heterocycles. The minimum Gasteiger partial charge on any atom is -0.345 e. The van der Waals surface area contributed by atoms with Gasteiger partial charge in [-0.1, -0.05) is 0 Å². The van der Waals surface area contributed by atoms with Crippen molar-refractivity contribution in [2.45, 2.75) is 12.3 Å². The number of ketones is 1. The van der Waals surface area contributed by atoms with Gasteiger partial charge in [0.2, 0.25) is 0 Å². The Morgan fingerprint density at radius 2 is 2.40 bits per heavy atom. The molecule has 0 saturated carbocycles. The number of carbonyl (C=O) groups is 1. The summed E-state index contributed by atoms with van der Waals surface area (Å²) in [5.41, 5.74) is 1.28. The van der Waals surface area contributed by atoms with Crippen LogP contribution in [-0.2, 0) is 0 Å². The van der Waals surface area contributed by atoms with Gasteiger partial charge in [-0.15, -0.1) is 11.6 Å². The molecule has 0 aromatic carbocycles. The van der Waals surface area contributed by atoms with Crippen LogP contribution >= 0.6 is 27.5 Å². The highest BCUT2D eigenvalue weighted by Crippen LogP contribution is 2.22. The van der Waals surface area contributed by atoms with E-state index in [0.717, 1.165) is 9.86 Å². The molecule has 0 amide bonds. The summed E-state index contributed by atoms with van der Waals surface area (Å²) in [6, 6.07) is 1.85. The molecular weight excluding hydrogens is 279 g/mol. The summed E-state index contributed by atoms with van der Waals surface area (Å²) in [4.78, 5) is 18.8. The molecule has 1 N–H and O–H groups in total. The van der Waals surface area contributed by atoms with Gasteiger partial charge >= 0.3 is 0 Å². The summed E-state index contributed by atoms with van der Waals surface area (Å²) in [5, 5.41) is 0.268. The van der Waals surface area contributed by atoms with Crippen molar-refractivity contribution in [3.8, 4) is 0 Å². The average molecular weight is 288 g/mol. The van der Waals surface area contributed by atoms with Gasteiger partial charge < -0.3 is 4.98 Å². The van der Waals surface area contributed by atoms with E-state index >= 15 is 0 Å². The summed E-state index contributed by atoms with van der Waals surface area (Å²) in [7, 11) is 0. The largest absolute Gasteiger partial charge is 0.345 e. The number of nitrogens with zero attached hydrogens (tertiary/aromatic N) is 1. The summed E-state index contributed by atoms with van der Waals surface area (Å²) in [6.45, 7) is 1.66. The topological polar surface area (TPSA) is 45.8 Å². The highest BCUT2D eigenvalue weighted by Gasteiger charge is 2.17. The molecule has 1 unspecified atom stereocenters. The van der Waals surface area contributed by atoms with E-state index in [2.05, 4.69) is 25.9 Å². The molecule has 5 heteroatoms. The third-order valence-electron chi connectivity index (χ3n) is 2.12. The number of aromatic amines is 1. The molecule has 2 aromatic heterocycles. The third-order valence-corrected chi connectivity index (χ3v) is 2.76. The number of hydrogen-bond donors (Lipinski definition) is 1. The van der Waals surface area contributed by atoms with Crippen LogP contribution in [0, 0.1) is 0 Å². The standard InChI is InChI=1S/C10H8BrClN2O/c1-5(12)9(15)8-4-14-10-7(8)2-6(11)3-13-10/h2-5H,1H3,(H,13,14). The van der Waals surface area contributed by atoms with Gasteiger partial charge in [0.05, 0.1) is 5.38 Å². The average Bonchev–Trinajstić information content (AvgIpc) is 2.59. The van der Waals surface area contributed by atoms with E-state index in [0.29, 0.717) is 11.2 Å². The molecule has 1 atom stereocenters. The second kappa shape index (κ2) is 3.94. The first kappa shape index (κ1) is 10.6. The SMILES string of the molecule is CC(Cl)C(=O)c1c[nH]c2ncc(Br)cc12. The van der Waals surface area contributed by atoms with Crippen molar-refractivity contribution in [1.29, 1.82) is 0 Å². The molecule has 0 fully saturated rings. The number of pyridine rings is 1. The van der Waals surface area contributed by atoms with E-state index in [1.807, 2.05) is 6.07 Å². The number of hydrogen-bond acceptors (Lipinski definition) is 2. The summed E-state index contributed by atoms with van der Waals surface area (Å²) in [6.07, 6.45) is 3.32. The van der Waals surface area contributed by atoms with Crippen LogP contribution in [0.4, 0.5) is 0 Å². The predicted molar refractivity (Wildman–Crippen MR) is 63.4 cm³/mol. The van der Waals surface area contributed by atoms with E-state index in [1.54, 1.807) is 19.3 Å². The van der Waals surface area contributed by atoms with Gasteiger partial charge in [0, 0.05) is 27.8 Å². The number of alkyl halides is 1. The highest BCUT2D eigenvalue weighted by atomic mass is 79.9. The first-order valence-corrected chi connectivity index (χ1v) is 5.63. The molecule has 78 valence electrons. The van der Waals surface area contributed by atoms with Crippen molar-refractivity contribution in [3.05, 3.63) is 28.5 Å². The molecule has 3 nitrogen and oxygen atoms in total. The Morgan fingerprint density at radius 3 is 3.07 bits per heavy atom. The highest BCUT2D eigenvalue weighted by molar-refractivity contribution is 9.10. The van der Waals surface area contributed by atoms with E-state index in [-0.39, 0.29) is 5.78 Å². The number of Topliss-reactive ketones (excluding diaryl/α,β-unsaturated/α-hetero) is 1. The maximum Gasteiger partial charge on any atom is 0.182 e. The van der Waals surface area contributed by atoms with Crippen LogP contribution in [0.15, 0.2) is 22.9 Å². The van der Waals surface area contributed by atoms with Crippen LogP contribution in [0.2, 0.25) is 0 Å². The van der Waals surface area contributed by atoms with Crippen LogP contribution < -0.4 is 0 Å². The third kappa shape index (κ3) is 1.92. The first-order valence-electron chi connectivity index (χ1n) is 4.40. The minimum atomic E-state index is -0.525. The number of aromatic nitrogens is 2. The smallest absolute Gasteiger partial charge is 0.182 e. The molecule has 0 aliphatic carbocycles. The Labute approximate surface area is 100.0 Å². The van der Waals surface area contributed by atoms with Gasteiger partial charge in [-0.25, -0.2) is 4.98 Å². The number of rotatable bonds is 2. The van der Waals surface area contributed by atoms with Crippen molar-refractivity contribution in [2.24, 2.45) is 0 Å². The molecule has 2 aromatic rings. The van der Waals surface area contributed by atoms with Gasteiger partial charge in [-0.05, 0) is 28.9 Å². The van der Waals surface area contributed by atoms with Crippen molar-refractivity contribution < 1.29 is 4.79 Å². The maximum absolute atomic E-state index is 11.7. The first-order chi connectivity index (χ1) is 7.09. The Morgan fingerprint density at radius 1 is 1.67 bits per heavy atom. The lowest BCUT2D eigenvalue weighted by atomic mass is 10.1. The molecule has 0 bridgehead atoms. The van der Waals surface area contributed by atoms with E-state index in [9.17, 15) is 4.79 Å². The quantitative estimate of drug-likeness (QED) is 0.681. The van der Waals surface area contributed by atoms with E-state index in [1.165, 1.54) is 0 Å². The lowest BCUT2D eigenvalue weighted by Gasteiger charge is -2.00. The molecule has 0 aliphatic heterocycles. The van der Waals surface area contributed by atoms with Crippen LogP contribution in [0.1, 0.15) is 17.3 Å². The molecule has 0 radical (unpaired) electrons. The molecular formula is C10H8BrClN2O. The summed E-state index contributed by atoms with van der Waals surface area (Å²) in [5.74, 6) is -0.0946. The Balaban J connectivity index is 2.62. The number of nitrogens with one attached hydrogen (secondary N) is 1. The lowest BCUT2D eigenvalue weighted by Crippen LogP contribution is -2.09. The van der Waals surface area contributed by atoms with Crippen molar-refractivity contribution in [2.75, 3.05) is 0 Å². The molecule has 2 rings (SSSR count). The zero-order valence-electron chi connectivity index (χ0n) is 7.92. The van der Waals surface area contributed by atoms with Gasteiger partial charge in [0.25, 0.3) is 0 Å². The number of fused-ring (bicyclic) bond motifs is 1. The normalized spacial score (nSPS) is 13.0. The van der Waals surface area contributed by atoms with Crippen molar-refractivity contribution >= 4 is 44.3 Å². The van der Waals surface area contributed by atoms with E-state index < -0.39 is 5.38 Å². The summed E-state index contributed by atoms with van der Waals surface area (Å²) < 4.78 is 0.839. The molecule has 2 heterocycles. The van der Waals surface area contributed by atoms with Crippen molar-refractivity contribution in [1.82, 2.24) is 9.97 Å². The molecule has 0 spiro atoms.